The molecule has 1 fully saturated rings. The van der Waals surface area contributed by atoms with E-state index in [1.54, 1.807) is 12.3 Å². The summed E-state index contributed by atoms with van der Waals surface area (Å²) in [6, 6.07) is 10.2. The normalized spacial score (nSPS) is 14.0. The number of carbonyl (C=O) groups is 2. The first kappa shape index (κ1) is 26.2. The first-order valence-corrected chi connectivity index (χ1v) is 13.1. The van der Waals surface area contributed by atoms with Gasteiger partial charge in [0.25, 0.3) is 0 Å². The Balaban J connectivity index is 1.41. The number of anilines is 1. The number of aromatic amines is 1. The van der Waals surface area contributed by atoms with E-state index in [0.29, 0.717) is 36.1 Å². The number of H-pyrrole nitrogens is 1. The van der Waals surface area contributed by atoms with E-state index in [2.05, 4.69) is 35.5 Å². The number of pyridine rings is 2. The molecule has 0 saturated carbocycles. The van der Waals surface area contributed by atoms with Crippen molar-refractivity contribution in [1.29, 1.82) is 0 Å². The second-order valence-electron chi connectivity index (χ2n) is 9.37. The number of nitrogens with zero attached hydrogens (tertiary/aromatic N) is 5. The zero-order valence-corrected chi connectivity index (χ0v) is 22.0. The molecule has 10 nitrogen and oxygen atoms in total. The van der Waals surface area contributed by atoms with Crippen molar-refractivity contribution in [3.8, 4) is 22.4 Å². The van der Waals surface area contributed by atoms with Crippen molar-refractivity contribution < 1.29 is 14.0 Å². The Kier molecular flexibility index (Phi) is 7.78. The van der Waals surface area contributed by atoms with Gasteiger partial charge in [-0.25, -0.2) is 14.2 Å². The molecule has 1 aliphatic heterocycles. The summed E-state index contributed by atoms with van der Waals surface area (Å²) in [4.78, 5) is 44.7. The lowest BCUT2D eigenvalue weighted by Gasteiger charge is -2.34. The summed E-state index contributed by atoms with van der Waals surface area (Å²) in [6.45, 7) is 7.98. The molecular weight excluding hydrogens is 499 g/mol. The maximum atomic E-state index is 14.8. The monoisotopic (exact) mass is 530 g/mol. The molecule has 1 aromatic carbocycles. The van der Waals surface area contributed by atoms with Crippen LogP contribution >= 0.6 is 0 Å². The van der Waals surface area contributed by atoms with Crippen molar-refractivity contribution in [3.05, 3.63) is 60.3 Å². The Hall–Kier alpha value is -4.38. The summed E-state index contributed by atoms with van der Waals surface area (Å²) >= 11 is 0. The minimum Gasteiger partial charge on any atom is -0.340 e. The molecule has 0 atom stereocenters. The van der Waals surface area contributed by atoms with Gasteiger partial charge in [0.1, 0.15) is 11.5 Å². The molecule has 3 aromatic heterocycles. The molecule has 0 aliphatic carbocycles. The summed E-state index contributed by atoms with van der Waals surface area (Å²) in [5.41, 5.74) is 4.40. The quantitative estimate of drug-likeness (QED) is 0.332. The number of piperazine rings is 1. The highest BCUT2D eigenvalue weighted by molar-refractivity contribution is 5.98. The minimum absolute atomic E-state index is 0.183. The van der Waals surface area contributed by atoms with Gasteiger partial charge >= 0.3 is 6.03 Å². The van der Waals surface area contributed by atoms with Gasteiger partial charge in [-0.1, -0.05) is 13.0 Å². The van der Waals surface area contributed by atoms with Crippen LogP contribution in [0.1, 0.15) is 26.0 Å². The van der Waals surface area contributed by atoms with E-state index in [1.165, 1.54) is 12.3 Å². The number of aromatic nitrogens is 4. The van der Waals surface area contributed by atoms with Crippen LogP contribution in [0.5, 0.6) is 0 Å². The van der Waals surface area contributed by atoms with E-state index in [1.807, 2.05) is 43.0 Å². The fraction of sp³-hybridized carbons (Fsp3) is 0.321. The lowest BCUT2D eigenvalue weighted by atomic mass is 10.0. The summed E-state index contributed by atoms with van der Waals surface area (Å²) in [5, 5.41) is 5.34. The van der Waals surface area contributed by atoms with Gasteiger partial charge in [-0.05, 0) is 42.8 Å². The van der Waals surface area contributed by atoms with E-state index in [-0.39, 0.29) is 23.6 Å². The fourth-order valence-corrected chi connectivity index (χ4v) is 4.72. The molecule has 4 heterocycles. The highest BCUT2D eigenvalue weighted by Gasteiger charge is 2.21. The molecule has 39 heavy (non-hydrogen) atoms. The summed E-state index contributed by atoms with van der Waals surface area (Å²) < 4.78 is 14.8. The van der Waals surface area contributed by atoms with Gasteiger partial charge in [-0.15, -0.1) is 0 Å². The number of amides is 3. The lowest BCUT2D eigenvalue weighted by molar-refractivity contribution is -0.132. The number of rotatable bonds is 7. The van der Waals surface area contributed by atoms with Crippen LogP contribution in [-0.2, 0) is 11.3 Å². The second kappa shape index (κ2) is 11.6. The first-order valence-electron chi connectivity index (χ1n) is 13.1. The Morgan fingerprint density at radius 2 is 1.87 bits per heavy atom. The molecule has 3 amide bonds. The third-order valence-corrected chi connectivity index (χ3v) is 6.75. The summed E-state index contributed by atoms with van der Waals surface area (Å²) in [7, 11) is 0. The molecule has 0 unspecified atom stereocenters. The molecule has 3 N–H and O–H groups in total. The van der Waals surface area contributed by atoms with Crippen molar-refractivity contribution in [2.75, 3.05) is 38.0 Å². The van der Waals surface area contributed by atoms with Gasteiger partial charge in [0.05, 0.1) is 16.7 Å². The van der Waals surface area contributed by atoms with Crippen LogP contribution in [0.25, 0.3) is 33.4 Å². The largest absolute Gasteiger partial charge is 0.340 e. The third-order valence-electron chi connectivity index (χ3n) is 6.75. The Labute approximate surface area is 225 Å². The van der Waals surface area contributed by atoms with Crippen LogP contribution in [-0.4, -0.2) is 74.4 Å². The molecule has 1 saturated heterocycles. The van der Waals surface area contributed by atoms with E-state index in [0.717, 1.165) is 43.0 Å². The van der Waals surface area contributed by atoms with Gasteiger partial charge in [0.15, 0.2) is 0 Å². The van der Waals surface area contributed by atoms with Gasteiger partial charge < -0.3 is 15.2 Å². The third kappa shape index (κ3) is 5.88. The minimum atomic E-state index is -0.460. The van der Waals surface area contributed by atoms with Gasteiger partial charge in [-0.3, -0.25) is 25.0 Å². The smallest absolute Gasteiger partial charge is 0.321 e. The molecule has 4 aromatic rings. The Morgan fingerprint density at radius 3 is 2.56 bits per heavy atom. The predicted octanol–water partition coefficient (Wildman–Crippen LogP) is 4.02. The van der Waals surface area contributed by atoms with Crippen LogP contribution in [0.15, 0.2) is 48.8 Å². The van der Waals surface area contributed by atoms with Crippen molar-refractivity contribution in [1.82, 2.24) is 35.1 Å². The number of imidazole rings is 1. The predicted molar refractivity (Wildman–Crippen MR) is 147 cm³/mol. The van der Waals surface area contributed by atoms with E-state index >= 15 is 0 Å². The number of nitrogens with one attached hydrogen (secondary N) is 3. The molecule has 1 aliphatic rings. The fourth-order valence-electron chi connectivity index (χ4n) is 4.72. The summed E-state index contributed by atoms with van der Waals surface area (Å²) in [6.07, 6.45) is 3.87. The molecule has 0 bridgehead atoms. The zero-order valence-electron chi connectivity index (χ0n) is 22.0. The molecular formula is C28H31FN8O2. The number of hydrogen-bond acceptors (Lipinski definition) is 6. The maximum absolute atomic E-state index is 14.8. The van der Waals surface area contributed by atoms with Gasteiger partial charge in [-0.2, -0.15) is 0 Å². The van der Waals surface area contributed by atoms with Crippen molar-refractivity contribution in [3.63, 3.8) is 0 Å². The van der Waals surface area contributed by atoms with E-state index in [4.69, 9.17) is 0 Å². The van der Waals surface area contributed by atoms with E-state index in [9.17, 15) is 14.0 Å². The standard InChI is InChI=1S/C28H31FN8O2/c1-3-24(38)37-12-10-36(11-13-37)17-20-8-7-18(16-32-20)19-14-21(25-22(29)6-5-9-31-25)26-23(15-19)33-27(34-26)35-28(39)30-4-2/h5-9,14-16H,3-4,10-13,17H2,1-2H3,(H3,30,33,34,35,39). The SMILES string of the molecule is CCNC(=O)Nc1nc2cc(-c3ccc(CN4CCN(C(=O)CC)CC4)nc3)cc(-c3ncccc3F)c2[nH]1. The van der Waals surface area contributed by atoms with Crippen LogP contribution in [0, 0.1) is 5.82 Å². The van der Waals surface area contributed by atoms with Crippen LogP contribution in [0.3, 0.4) is 0 Å². The van der Waals surface area contributed by atoms with Gasteiger partial charge in [0, 0.05) is 69.2 Å². The lowest BCUT2D eigenvalue weighted by Crippen LogP contribution is -2.48. The number of urea groups is 1. The van der Waals surface area contributed by atoms with Crippen LogP contribution in [0.2, 0.25) is 0 Å². The highest BCUT2D eigenvalue weighted by atomic mass is 19.1. The van der Waals surface area contributed by atoms with Crippen molar-refractivity contribution in [2.45, 2.75) is 26.8 Å². The Morgan fingerprint density at radius 1 is 1.05 bits per heavy atom. The maximum Gasteiger partial charge on any atom is 0.321 e. The molecule has 0 radical (unpaired) electrons. The van der Waals surface area contributed by atoms with Gasteiger partial charge in [0.2, 0.25) is 11.9 Å². The average Bonchev–Trinajstić information content (AvgIpc) is 3.35. The zero-order chi connectivity index (χ0) is 27.4. The average molecular weight is 531 g/mol. The van der Waals surface area contributed by atoms with Crippen LogP contribution in [0.4, 0.5) is 15.1 Å². The number of halogens is 1. The summed E-state index contributed by atoms with van der Waals surface area (Å²) in [5.74, 6) is -0.0130. The Bertz CT molecular complexity index is 1480. The highest BCUT2D eigenvalue weighted by Crippen LogP contribution is 2.34. The second-order valence-corrected chi connectivity index (χ2v) is 9.37. The van der Waals surface area contributed by atoms with E-state index < -0.39 is 5.82 Å². The van der Waals surface area contributed by atoms with Crippen LogP contribution < -0.4 is 10.6 Å². The molecule has 5 rings (SSSR count). The molecule has 202 valence electrons. The number of carbonyl (C=O) groups excluding carboxylic acids is 2. The first-order chi connectivity index (χ1) is 18.9. The van der Waals surface area contributed by atoms with Crippen molar-refractivity contribution >= 4 is 28.9 Å². The number of benzene rings is 1. The topological polar surface area (TPSA) is 119 Å². The molecule has 11 heteroatoms. The van der Waals surface area contributed by atoms with Crippen molar-refractivity contribution in [2.24, 2.45) is 0 Å². The number of hydrogen-bond donors (Lipinski definition) is 3. The number of fused-ring (bicyclic) bond motifs is 1. The molecule has 0 spiro atoms.